The zero-order valence-electron chi connectivity index (χ0n) is 23.6. The number of hydrogen-bond acceptors (Lipinski definition) is 7. The smallest absolute Gasteiger partial charge is 0.332 e. The molecule has 1 aliphatic heterocycles. The lowest BCUT2D eigenvalue weighted by Crippen LogP contribution is -2.38. The van der Waals surface area contributed by atoms with Gasteiger partial charge in [-0.15, -0.1) is 0 Å². The molecule has 202 valence electrons. The number of anilines is 2. The fourth-order valence-corrected chi connectivity index (χ4v) is 3.17. The summed E-state index contributed by atoms with van der Waals surface area (Å²) in [6.45, 7) is 16.4. The summed E-state index contributed by atoms with van der Waals surface area (Å²) in [4.78, 5) is 25.1. The number of esters is 2. The molecule has 0 amide bonds. The van der Waals surface area contributed by atoms with Gasteiger partial charge in [-0.1, -0.05) is 55.5 Å². The Morgan fingerprint density at radius 2 is 1.05 bits per heavy atom. The summed E-state index contributed by atoms with van der Waals surface area (Å²) in [6.07, 6.45) is 5.77. The van der Waals surface area contributed by atoms with E-state index in [1.807, 2.05) is 0 Å². The van der Waals surface area contributed by atoms with Crippen molar-refractivity contribution in [2.24, 2.45) is 5.73 Å². The SMILES string of the molecule is C=C(C)C(=O)OC.C=C(C)C(=O)OC.CCC1N(c2ccc(C)cc2)C=CN1c1ccc(C)cc1.CN. The Labute approximate surface area is 222 Å². The van der Waals surface area contributed by atoms with Gasteiger partial charge in [0.1, 0.15) is 6.17 Å². The van der Waals surface area contributed by atoms with E-state index in [9.17, 15) is 9.59 Å². The molecule has 2 N–H and O–H groups in total. The van der Waals surface area contributed by atoms with Crippen LogP contribution < -0.4 is 15.5 Å². The van der Waals surface area contributed by atoms with E-state index in [1.54, 1.807) is 13.8 Å². The van der Waals surface area contributed by atoms with Gasteiger partial charge in [-0.05, 0) is 65.4 Å². The number of rotatable bonds is 5. The Balaban J connectivity index is 0.000000672. The van der Waals surface area contributed by atoms with Crippen molar-refractivity contribution < 1.29 is 19.1 Å². The molecule has 1 heterocycles. The van der Waals surface area contributed by atoms with Crippen LogP contribution in [0.15, 0.2) is 85.2 Å². The highest BCUT2D eigenvalue weighted by Crippen LogP contribution is 2.30. The minimum absolute atomic E-state index is 0.343. The minimum atomic E-state index is -0.347. The molecule has 7 heteroatoms. The lowest BCUT2D eigenvalue weighted by Gasteiger charge is -2.32. The van der Waals surface area contributed by atoms with Crippen LogP contribution in [-0.4, -0.2) is 39.4 Å². The Bertz CT molecular complexity index is 946. The molecule has 1 aliphatic rings. The number of carbonyl (C=O) groups is 2. The van der Waals surface area contributed by atoms with Crippen LogP contribution in [0.5, 0.6) is 0 Å². The van der Waals surface area contributed by atoms with Gasteiger partial charge in [0.15, 0.2) is 0 Å². The maximum atomic E-state index is 10.2. The molecule has 3 rings (SSSR count). The van der Waals surface area contributed by atoms with Gasteiger partial charge < -0.3 is 25.0 Å². The van der Waals surface area contributed by atoms with Crippen LogP contribution in [0.2, 0.25) is 0 Å². The summed E-state index contributed by atoms with van der Waals surface area (Å²) in [7, 11) is 4.16. The molecule has 2 aromatic carbocycles. The normalized spacial score (nSPS) is 11.6. The third kappa shape index (κ3) is 11.2. The number of aryl methyl sites for hydroxylation is 2. The van der Waals surface area contributed by atoms with Gasteiger partial charge in [-0.2, -0.15) is 0 Å². The van der Waals surface area contributed by atoms with Crippen molar-refractivity contribution in [3.8, 4) is 0 Å². The molecule has 0 saturated carbocycles. The number of methoxy groups -OCH3 is 2. The molecular formula is C30H43N3O4. The Morgan fingerprint density at radius 3 is 1.24 bits per heavy atom. The predicted molar refractivity (Wildman–Crippen MR) is 154 cm³/mol. The van der Waals surface area contributed by atoms with Crippen LogP contribution in [0.4, 0.5) is 11.4 Å². The third-order valence-corrected chi connectivity index (χ3v) is 5.13. The van der Waals surface area contributed by atoms with Gasteiger partial charge >= 0.3 is 11.9 Å². The van der Waals surface area contributed by atoms with Crippen molar-refractivity contribution >= 4 is 23.3 Å². The fraction of sp³-hybridized carbons (Fsp3) is 0.333. The number of nitrogens with two attached hydrogens (primary N) is 1. The van der Waals surface area contributed by atoms with E-state index in [4.69, 9.17) is 0 Å². The van der Waals surface area contributed by atoms with E-state index < -0.39 is 0 Å². The molecule has 7 nitrogen and oxygen atoms in total. The molecule has 0 fully saturated rings. The van der Waals surface area contributed by atoms with Gasteiger partial charge in [0.25, 0.3) is 0 Å². The molecule has 0 aliphatic carbocycles. The molecule has 0 bridgehead atoms. The van der Waals surface area contributed by atoms with Crippen molar-refractivity contribution in [2.45, 2.75) is 47.2 Å². The first-order chi connectivity index (χ1) is 17.5. The minimum Gasteiger partial charge on any atom is -0.466 e. The highest BCUT2D eigenvalue weighted by atomic mass is 16.5. The second-order valence-electron chi connectivity index (χ2n) is 8.22. The number of nitrogens with zero attached hydrogens (tertiary/aromatic N) is 2. The molecule has 37 heavy (non-hydrogen) atoms. The molecule has 0 spiro atoms. The molecule has 0 aromatic heterocycles. The van der Waals surface area contributed by atoms with Crippen molar-refractivity contribution in [3.63, 3.8) is 0 Å². The van der Waals surface area contributed by atoms with E-state index in [1.165, 1.54) is 43.8 Å². The van der Waals surface area contributed by atoms with Crippen LogP contribution in [0.3, 0.4) is 0 Å². The maximum Gasteiger partial charge on any atom is 0.332 e. The highest BCUT2D eigenvalue weighted by molar-refractivity contribution is 5.87. The number of benzene rings is 2. The first kappa shape index (κ1) is 33.2. The molecular weight excluding hydrogens is 466 g/mol. The lowest BCUT2D eigenvalue weighted by molar-refractivity contribution is -0.136. The maximum absolute atomic E-state index is 10.2. The summed E-state index contributed by atoms with van der Waals surface area (Å²) in [5.74, 6) is -0.694. The first-order valence-electron chi connectivity index (χ1n) is 12.0. The molecule has 0 radical (unpaired) electrons. The summed E-state index contributed by atoms with van der Waals surface area (Å²) >= 11 is 0. The van der Waals surface area contributed by atoms with Crippen molar-refractivity contribution in [3.05, 3.63) is 96.4 Å². The second-order valence-corrected chi connectivity index (χ2v) is 8.22. The monoisotopic (exact) mass is 509 g/mol. The molecule has 0 atom stereocenters. The van der Waals surface area contributed by atoms with Gasteiger partial charge in [0, 0.05) is 34.9 Å². The van der Waals surface area contributed by atoms with Gasteiger partial charge in [-0.3, -0.25) is 0 Å². The van der Waals surface area contributed by atoms with E-state index in [2.05, 4.69) is 120 Å². The van der Waals surface area contributed by atoms with Crippen LogP contribution in [0, 0.1) is 13.8 Å². The van der Waals surface area contributed by atoms with E-state index in [-0.39, 0.29) is 11.9 Å². The van der Waals surface area contributed by atoms with Crippen LogP contribution >= 0.6 is 0 Å². The molecule has 0 saturated heterocycles. The molecule has 2 aromatic rings. The lowest BCUT2D eigenvalue weighted by atomic mass is 10.2. The summed E-state index contributed by atoms with van der Waals surface area (Å²) in [5, 5.41) is 0. The summed E-state index contributed by atoms with van der Waals surface area (Å²) in [5.41, 5.74) is 10.5. The quantitative estimate of drug-likeness (QED) is 0.398. The predicted octanol–water partition coefficient (Wildman–Crippen LogP) is 5.88. The van der Waals surface area contributed by atoms with Gasteiger partial charge in [0.05, 0.1) is 14.2 Å². The van der Waals surface area contributed by atoms with Crippen LogP contribution in [0.1, 0.15) is 38.3 Å². The zero-order chi connectivity index (χ0) is 28.5. The summed E-state index contributed by atoms with van der Waals surface area (Å²) < 4.78 is 8.55. The summed E-state index contributed by atoms with van der Waals surface area (Å²) in [6, 6.07) is 17.5. The molecule has 0 unspecified atom stereocenters. The fourth-order valence-electron chi connectivity index (χ4n) is 3.17. The van der Waals surface area contributed by atoms with E-state index in [0.29, 0.717) is 17.3 Å². The largest absolute Gasteiger partial charge is 0.466 e. The Kier molecular flexibility index (Phi) is 15.7. The zero-order valence-corrected chi connectivity index (χ0v) is 23.6. The van der Waals surface area contributed by atoms with Crippen molar-refractivity contribution in [1.29, 1.82) is 0 Å². The van der Waals surface area contributed by atoms with Crippen molar-refractivity contribution in [2.75, 3.05) is 31.1 Å². The highest BCUT2D eigenvalue weighted by Gasteiger charge is 2.26. The number of ether oxygens (including phenoxy) is 2. The van der Waals surface area contributed by atoms with E-state index in [0.717, 1.165) is 6.42 Å². The van der Waals surface area contributed by atoms with E-state index >= 15 is 0 Å². The average Bonchev–Trinajstić information content (AvgIpc) is 3.34. The van der Waals surface area contributed by atoms with Gasteiger partial charge in [-0.25, -0.2) is 9.59 Å². The Hall–Kier alpha value is -3.84. The van der Waals surface area contributed by atoms with Crippen LogP contribution in [-0.2, 0) is 19.1 Å². The average molecular weight is 510 g/mol. The van der Waals surface area contributed by atoms with Crippen molar-refractivity contribution in [1.82, 2.24) is 0 Å². The Morgan fingerprint density at radius 1 is 0.757 bits per heavy atom. The second kappa shape index (κ2) is 17.6. The first-order valence-corrected chi connectivity index (χ1v) is 12.0. The van der Waals surface area contributed by atoms with Crippen LogP contribution in [0.25, 0.3) is 0 Å². The third-order valence-electron chi connectivity index (χ3n) is 5.13. The number of hydrogen-bond donors (Lipinski definition) is 1. The standard InChI is InChI=1S/C19H22N2.2C5H8O2.CH5N/c1-4-19-20(17-9-5-15(2)6-10-17)13-14-21(19)18-11-7-16(3)8-12-18;2*1-4(2)5(6)7-3;1-2/h5-14,19H,4H2,1-3H3;2*1H2,2-3H3;2H2,1H3. The van der Waals surface area contributed by atoms with Gasteiger partial charge in [0.2, 0.25) is 0 Å². The topological polar surface area (TPSA) is 85.1 Å². The number of carbonyl (C=O) groups excluding carboxylic acids is 2.